The number of nitrogens with zero attached hydrogens (tertiary/aromatic N) is 1. The van der Waals surface area contributed by atoms with E-state index < -0.39 is 28.6 Å². The van der Waals surface area contributed by atoms with Gasteiger partial charge < -0.3 is 10.1 Å². The number of ether oxygens (including phenoxy) is 1. The highest BCUT2D eigenvalue weighted by Gasteiger charge is 2.37. The van der Waals surface area contributed by atoms with Crippen LogP contribution >= 0.6 is 11.6 Å². The molecule has 1 amide bonds. The van der Waals surface area contributed by atoms with Gasteiger partial charge in [-0.25, -0.2) is 8.42 Å². The molecule has 3 rings (SSSR count). The van der Waals surface area contributed by atoms with Crippen molar-refractivity contribution in [2.24, 2.45) is 0 Å². The normalized spacial score (nSPS) is 17.9. The van der Waals surface area contributed by atoms with Crippen LogP contribution in [0.1, 0.15) is 19.3 Å². The van der Waals surface area contributed by atoms with E-state index in [0.717, 1.165) is 0 Å². The van der Waals surface area contributed by atoms with E-state index in [9.17, 15) is 22.0 Å². The summed E-state index contributed by atoms with van der Waals surface area (Å²) in [4.78, 5) is 12.9. The minimum atomic E-state index is -3.83. The van der Waals surface area contributed by atoms with Crippen LogP contribution in [0.2, 0.25) is 5.02 Å². The van der Waals surface area contributed by atoms with Gasteiger partial charge in [-0.05, 0) is 43.2 Å². The molecule has 0 saturated carbocycles. The number of amides is 1. The van der Waals surface area contributed by atoms with Gasteiger partial charge >= 0.3 is 6.61 Å². The molecule has 6 nitrogen and oxygen atoms in total. The lowest BCUT2D eigenvalue weighted by Crippen LogP contribution is -2.49. The zero-order valence-corrected chi connectivity index (χ0v) is 16.8. The van der Waals surface area contributed by atoms with Crippen molar-refractivity contribution in [1.82, 2.24) is 4.31 Å². The van der Waals surface area contributed by atoms with E-state index in [-0.39, 0.29) is 27.9 Å². The summed E-state index contributed by atoms with van der Waals surface area (Å²) in [5.74, 6) is -0.728. The van der Waals surface area contributed by atoms with Gasteiger partial charge in [0.2, 0.25) is 15.9 Å². The predicted molar refractivity (Wildman–Crippen MR) is 105 cm³/mol. The SMILES string of the molecule is O=C(Nc1ccc(OC(F)F)c(Cl)c1)C1CCCCN1S(=O)(=O)c1ccccc1. The molecule has 1 N–H and O–H groups in total. The zero-order valence-electron chi connectivity index (χ0n) is 15.2. The van der Waals surface area contributed by atoms with Crippen LogP contribution in [0.25, 0.3) is 0 Å². The van der Waals surface area contributed by atoms with Gasteiger partial charge in [0.1, 0.15) is 11.8 Å². The van der Waals surface area contributed by atoms with Crippen LogP contribution < -0.4 is 10.1 Å². The Morgan fingerprint density at radius 3 is 2.55 bits per heavy atom. The maximum Gasteiger partial charge on any atom is 0.387 e. The van der Waals surface area contributed by atoms with Crippen LogP contribution in [-0.4, -0.2) is 37.8 Å². The molecular weight excluding hydrogens is 426 g/mol. The summed E-state index contributed by atoms with van der Waals surface area (Å²) in [5.41, 5.74) is 0.254. The van der Waals surface area contributed by atoms with Gasteiger partial charge in [-0.2, -0.15) is 13.1 Å². The van der Waals surface area contributed by atoms with Crippen LogP contribution in [0.3, 0.4) is 0 Å². The second kappa shape index (κ2) is 9.06. The van der Waals surface area contributed by atoms with Gasteiger partial charge in [-0.3, -0.25) is 4.79 Å². The largest absolute Gasteiger partial charge is 0.433 e. The van der Waals surface area contributed by atoms with Crippen LogP contribution in [0.15, 0.2) is 53.4 Å². The second-order valence-corrected chi connectivity index (χ2v) is 8.75. The first kappa shape index (κ1) is 21.5. The zero-order chi connectivity index (χ0) is 21.0. The molecule has 1 fully saturated rings. The number of anilines is 1. The predicted octanol–water partition coefficient (Wildman–Crippen LogP) is 4.12. The number of alkyl halides is 2. The highest BCUT2D eigenvalue weighted by molar-refractivity contribution is 7.89. The summed E-state index contributed by atoms with van der Waals surface area (Å²) in [5, 5.41) is 2.52. The van der Waals surface area contributed by atoms with Crippen molar-refractivity contribution < 1.29 is 26.7 Å². The Hall–Kier alpha value is -2.23. The van der Waals surface area contributed by atoms with Crippen LogP contribution in [0.5, 0.6) is 5.75 Å². The number of piperidine rings is 1. The van der Waals surface area contributed by atoms with E-state index in [4.69, 9.17) is 11.6 Å². The third-order valence-corrected chi connectivity index (χ3v) is 6.74. The summed E-state index contributed by atoms with van der Waals surface area (Å²) >= 11 is 5.91. The molecule has 156 valence electrons. The van der Waals surface area contributed by atoms with E-state index >= 15 is 0 Å². The standard InChI is InChI=1S/C19H19ClF2N2O4S/c20-15-12-13(9-10-17(15)28-19(21)22)23-18(25)16-8-4-5-11-24(16)29(26,27)14-6-2-1-3-7-14/h1-3,6-7,9-10,12,16,19H,4-5,8,11H2,(H,23,25). The van der Waals surface area contributed by atoms with Gasteiger partial charge in [-0.15, -0.1) is 0 Å². The fourth-order valence-electron chi connectivity index (χ4n) is 3.18. The van der Waals surface area contributed by atoms with Gasteiger partial charge in [-0.1, -0.05) is 36.2 Å². The Morgan fingerprint density at radius 1 is 1.17 bits per heavy atom. The molecule has 0 aliphatic carbocycles. The first-order chi connectivity index (χ1) is 13.8. The lowest BCUT2D eigenvalue weighted by Gasteiger charge is -2.33. The van der Waals surface area contributed by atoms with Gasteiger partial charge in [0.15, 0.2) is 0 Å². The number of sulfonamides is 1. The maximum atomic E-state index is 13.0. The number of carbonyl (C=O) groups excluding carboxylic acids is 1. The van der Waals surface area contributed by atoms with Crippen molar-refractivity contribution in [2.45, 2.75) is 36.8 Å². The molecule has 10 heteroatoms. The third-order valence-electron chi connectivity index (χ3n) is 4.52. The number of benzene rings is 2. The summed E-state index contributed by atoms with van der Waals surface area (Å²) < 4.78 is 56.1. The van der Waals surface area contributed by atoms with Crippen molar-refractivity contribution in [3.63, 3.8) is 0 Å². The summed E-state index contributed by atoms with van der Waals surface area (Å²) in [6.07, 6.45) is 1.74. The number of hydrogen-bond acceptors (Lipinski definition) is 4. The smallest absolute Gasteiger partial charge is 0.387 e. The monoisotopic (exact) mass is 444 g/mol. The molecule has 1 aliphatic rings. The highest BCUT2D eigenvalue weighted by Crippen LogP contribution is 2.30. The molecule has 1 atom stereocenters. The minimum absolute atomic E-state index is 0.0968. The minimum Gasteiger partial charge on any atom is -0.433 e. The first-order valence-corrected chi connectivity index (χ1v) is 10.7. The van der Waals surface area contributed by atoms with Gasteiger partial charge in [0.05, 0.1) is 9.92 Å². The summed E-state index contributed by atoms with van der Waals surface area (Å²) in [6, 6.07) is 10.9. The lowest BCUT2D eigenvalue weighted by molar-refractivity contribution is -0.120. The van der Waals surface area contributed by atoms with E-state index in [1.807, 2.05) is 0 Å². The second-order valence-electron chi connectivity index (χ2n) is 6.45. The molecular formula is C19H19ClF2N2O4S. The molecule has 0 spiro atoms. The number of rotatable bonds is 6. The van der Waals surface area contributed by atoms with E-state index in [2.05, 4.69) is 10.1 Å². The third kappa shape index (κ3) is 5.04. The van der Waals surface area contributed by atoms with Crippen LogP contribution in [0.4, 0.5) is 14.5 Å². The van der Waals surface area contributed by atoms with E-state index in [0.29, 0.717) is 19.3 Å². The molecule has 1 heterocycles. The lowest BCUT2D eigenvalue weighted by atomic mass is 10.0. The van der Waals surface area contributed by atoms with Crippen LogP contribution in [-0.2, 0) is 14.8 Å². The van der Waals surface area contributed by atoms with Crippen molar-refractivity contribution in [1.29, 1.82) is 0 Å². The van der Waals surface area contributed by atoms with Crippen LogP contribution in [0, 0.1) is 0 Å². The number of halogens is 3. The maximum absolute atomic E-state index is 13.0. The van der Waals surface area contributed by atoms with Gasteiger partial charge in [0, 0.05) is 12.2 Å². The molecule has 1 unspecified atom stereocenters. The van der Waals surface area contributed by atoms with Crippen molar-refractivity contribution >= 4 is 33.2 Å². The Labute approximate surface area is 172 Å². The van der Waals surface area contributed by atoms with E-state index in [1.54, 1.807) is 18.2 Å². The fourth-order valence-corrected chi connectivity index (χ4v) is 5.08. The molecule has 1 aliphatic heterocycles. The number of carbonyl (C=O) groups is 1. The topological polar surface area (TPSA) is 75.7 Å². The summed E-state index contributed by atoms with van der Waals surface area (Å²) in [7, 11) is -3.83. The molecule has 2 aromatic rings. The van der Waals surface area contributed by atoms with Gasteiger partial charge in [0.25, 0.3) is 0 Å². The highest BCUT2D eigenvalue weighted by atomic mass is 35.5. The molecule has 2 aromatic carbocycles. The molecule has 0 aromatic heterocycles. The summed E-state index contributed by atoms with van der Waals surface area (Å²) in [6.45, 7) is -2.79. The Morgan fingerprint density at radius 2 is 1.90 bits per heavy atom. The Kier molecular flexibility index (Phi) is 6.71. The average Bonchev–Trinajstić information content (AvgIpc) is 2.70. The Bertz CT molecular complexity index is 973. The van der Waals surface area contributed by atoms with Crippen molar-refractivity contribution in [3.8, 4) is 5.75 Å². The number of nitrogens with one attached hydrogen (secondary N) is 1. The quantitative estimate of drug-likeness (QED) is 0.727. The van der Waals surface area contributed by atoms with E-state index in [1.165, 1.54) is 34.6 Å². The molecule has 0 radical (unpaired) electrons. The number of hydrogen-bond donors (Lipinski definition) is 1. The van der Waals surface area contributed by atoms with Crippen molar-refractivity contribution in [3.05, 3.63) is 53.6 Å². The molecule has 1 saturated heterocycles. The Balaban J connectivity index is 1.79. The first-order valence-electron chi connectivity index (χ1n) is 8.91. The average molecular weight is 445 g/mol. The molecule has 0 bridgehead atoms. The fraction of sp³-hybridized carbons (Fsp3) is 0.316. The molecule has 29 heavy (non-hydrogen) atoms. The van der Waals surface area contributed by atoms with Crippen molar-refractivity contribution in [2.75, 3.05) is 11.9 Å².